The van der Waals surface area contributed by atoms with Gasteiger partial charge in [-0.3, -0.25) is 4.79 Å². The number of rotatable bonds is 3. The lowest BCUT2D eigenvalue weighted by Crippen LogP contribution is -2.35. The quantitative estimate of drug-likeness (QED) is 0.807. The summed E-state index contributed by atoms with van der Waals surface area (Å²) in [6, 6.07) is 10.6. The molecule has 1 saturated heterocycles. The van der Waals surface area contributed by atoms with Crippen molar-refractivity contribution in [3.05, 3.63) is 42.0 Å². The molecule has 1 aliphatic rings. The number of carboxylic acid groups (broad SMARTS) is 1. The number of amides is 1. The molecule has 3 N–H and O–H groups in total. The van der Waals surface area contributed by atoms with Crippen molar-refractivity contribution in [3.8, 4) is 0 Å². The van der Waals surface area contributed by atoms with Crippen molar-refractivity contribution < 1.29 is 14.7 Å². The number of carboxylic acids is 1. The summed E-state index contributed by atoms with van der Waals surface area (Å²) in [7, 11) is 0. The van der Waals surface area contributed by atoms with Gasteiger partial charge in [-0.15, -0.1) is 0 Å². The van der Waals surface area contributed by atoms with Crippen LogP contribution in [0, 0.1) is 0 Å². The molecule has 0 saturated carbocycles. The highest BCUT2D eigenvalue weighted by Gasteiger charge is 2.23. The normalized spacial score (nSPS) is 17.8. The van der Waals surface area contributed by atoms with Crippen LogP contribution in [0.25, 0.3) is 10.8 Å². The molecule has 1 atom stereocenters. The molecule has 108 valence electrons. The molecule has 21 heavy (non-hydrogen) atoms. The Hall–Kier alpha value is -2.40. The molecule has 5 nitrogen and oxygen atoms in total. The van der Waals surface area contributed by atoms with Crippen molar-refractivity contribution in [2.75, 3.05) is 11.9 Å². The molecule has 0 aliphatic carbocycles. The smallest absolute Gasteiger partial charge is 0.337 e. The molecule has 2 aromatic carbocycles. The van der Waals surface area contributed by atoms with Crippen LogP contribution in [-0.4, -0.2) is 29.6 Å². The third kappa shape index (κ3) is 2.73. The summed E-state index contributed by atoms with van der Waals surface area (Å²) in [5, 5.41) is 16.9. The Morgan fingerprint density at radius 2 is 1.90 bits per heavy atom. The number of benzene rings is 2. The molecular formula is C16H16N2O3. The van der Waals surface area contributed by atoms with E-state index in [1.54, 1.807) is 12.1 Å². The van der Waals surface area contributed by atoms with Crippen molar-refractivity contribution in [2.24, 2.45) is 0 Å². The number of nitrogens with one attached hydrogen (secondary N) is 2. The zero-order valence-corrected chi connectivity index (χ0v) is 11.4. The second kappa shape index (κ2) is 5.54. The third-order valence-electron chi connectivity index (χ3n) is 3.75. The number of hydrogen-bond acceptors (Lipinski definition) is 3. The van der Waals surface area contributed by atoms with Gasteiger partial charge in [0.05, 0.1) is 17.3 Å². The molecule has 0 radical (unpaired) electrons. The van der Waals surface area contributed by atoms with E-state index in [9.17, 15) is 14.7 Å². The predicted octanol–water partition coefficient (Wildman–Crippen LogP) is 2.23. The molecule has 0 spiro atoms. The Labute approximate surface area is 122 Å². The number of anilines is 1. The van der Waals surface area contributed by atoms with E-state index in [1.165, 1.54) is 0 Å². The van der Waals surface area contributed by atoms with Gasteiger partial charge in [0.1, 0.15) is 0 Å². The first-order valence-corrected chi connectivity index (χ1v) is 6.95. The van der Waals surface area contributed by atoms with Crippen LogP contribution in [0.3, 0.4) is 0 Å². The molecule has 0 aromatic heterocycles. The highest BCUT2D eigenvalue weighted by atomic mass is 16.4. The summed E-state index contributed by atoms with van der Waals surface area (Å²) in [5.74, 6) is -1.22. The number of carbonyl (C=O) groups is 2. The lowest BCUT2D eigenvalue weighted by Gasteiger charge is -2.14. The minimum absolute atomic E-state index is 0.111. The standard InChI is InChI=1S/C16H16N2O3/c19-15(13-6-3-7-17-13)18-14-9-11-5-2-1-4-10(11)8-12(14)16(20)21/h1-2,4-5,8-9,13,17H,3,6-7H2,(H,18,19)(H,20,21). The van der Waals surface area contributed by atoms with Gasteiger partial charge in [0.2, 0.25) is 5.91 Å². The number of hydrogen-bond donors (Lipinski definition) is 3. The SMILES string of the molecule is O=C(O)c1cc2ccccc2cc1NC(=O)C1CCCN1. The van der Waals surface area contributed by atoms with E-state index < -0.39 is 5.97 Å². The highest BCUT2D eigenvalue weighted by Crippen LogP contribution is 2.25. The maximum Gasteiger partial charge on any atom is 0.337 e. The Balaban J connectivity index is 1.97. The van der Waals surface area contributed by atoms with E-state index >= 15 is 0 Å². The van der Waals surface area contributed by atoms with E-state index in [4.69, 9.17) is 0 Å². The fraction of sp³-hybridized carbons (Fsp3) is 0.250. The van der Waals surface area contributed by atoms with E-state index in [0.29, 0.717) is 5.69 Å². The fourth-order valence-corrected chi connectivity index (χ4v) is 2.65. The second-order valence-electron chi connectivity index (χ2n) is 5.19. The van der Waals surface area contributed by atoms with Crippen LogP contribution < -0.4 is 10.6 Å². The van der Waals surface area contributed by atoms with Gasteiger partial charge in [-0.05, 0) is 42.3 Å². The summed E-state index contributed by atoms with van der Waals surface area (Å²) in [5.41, 5.74) is 0.458. The van der Waals surface area contributed by atoms with Gasteiger partial charge in [0.15, 0.2) is 0 Å². The van der Waals surface area contributed by atoms with E-state index in [2.05, 4.69) is 10.6 Å². The maximum absolute atomic E-state index is 12.2. The number of fused-ring (bicyclic) bond motifs is 1. The lowest BCUT2D eigenvalue weighted by molar-refractivity contribution is -0.117. The molecule has 1 unspecified atom stereocenters. The molecule has 1 fully saturated rings. The zero-order valence-electron chi connectivity index (χ0n) is 11.4. The average molecular weight is 284 g/mol. The minimum atomic E-state index is -1.05. The molecule has 0 bridgehead atoms. The van der Waals surface area contributed by atoms with Crippen LogP contribution in [0.5, 0.6) is 0 Å². The lowest BCUT2D eigenvalue weighted by atomic mass is 10.0. The molecule has 5 heteroatoms. The Bertz CT molecular complexity index is 706. The number of aromatic carboxylic acids is 1. The molecule has 3 rings (SSSR count). The summed E-state index contributed by atoms with van der Waals surface area (Å²) < 4.78 is 0. The Kier molecular flexibility index (Phi) is 3.58. The molecule has 1 aliphatic heterocycles. The van der Waals surface area contributed by atoms with Gasteiger partial charge >= 0.3 is 5.97 Å². The average Bonchev–Trinajstić information content (AvgIpc) is 3.00. The predicted molar refractivity (Wildman–Crippen MR) is 80.6 cm³/mol. The second-order valence-corrected chi connectivity index (χ2v) is 5.19. The van der Waals surface area contributed by atoms with Gasteiger partial charge in [0.25, 0.3) is 0 Å². The largest absolute Gasteiger partial charge is 0.478 e. The molecule has 1 amide bonds. The molecular weight excluding hydrogens is 268 g/mol. The summed E-state index contributed by atoms with van der Waals surface area (Å²) >= 11 is 0. The fourth-order valence-electron chi connectivity index (χ4n) is 2.65. The molecule has 1 heterocycles. The monoisotopic (exact) mass is 284 g/mol. The van der Waals surface area contributed by atoms with E-state index in [1.807, 2.05) is 24.3 Å². The first-order chi connectivity index (χ1) is 10.1. The van der Waals surface area contributed by atoms with Crippen LogP contribution in [-0.2, 0) is 4.79 Å². The van der Waals surface area contributed by atoms with Crippen LogP contribution in [0.15, 0.2) is 36.4 Å². The topological polar surface area (TPSA) is 78.4 Å². The summed E-state index contributed by atoms with van der Waals surface area (Å²) in [6.07, 6.45) is 1.74. The van der Waals surface area contributed by atoms with Crippen molar-refractivity contribution >= 4 is 28.3 Å². The van der Waals surface area contributed by atoms with Crippen molar-refractivity contribution in [1.29, 1.82) is 0 Å². The van der Waals surface area contributed by atoms with Gasteiger partial charge in [-0.1, -0.05) is 24.3 Å². The van der Waals surface area contributed by atoms with Crippen molar-refractivity contribution in [2.45, 2.75) is 18.9 Å². The van der Waals surface area contributed by atoms with Gasteiger partial charge < -0.3 is 15.7 Å². The van der Waals surface area contributed by atoms with Gasteiger partial charge in [0, 0.05) is 0 Å². The van der Waals surface area contributed by atoms with Gasteiger partial charge in [-0.25, -0.2) is 4.79 Å². The van der Waals surface area contributed by atoms with Crippen LogP contribution in [0.1, 0.15) is 23.2 Å². The summed E-state index contributed by atoms with van der Waals surface area (Å²) in [6.45, 7) is 0.821. The van der Waals surface area contributed by atoms with Crippen molar-refractivity contribution in [3.63, 3.8) is 0 Å². The van der Waals surface area contributed by atoms with Crippen molar-refractivity contribution in [1.82, 2.24) is 5.32 Å². The first-order valence-electron chi connectivity index (χ1n) is 6.95. The first kappa shape index (κ1) is 13.6. The van der Waals surface area contributed by atoms with E-state index in [0.717, 1.165) is 30.2 Å². The Morgan fingerprint density at radius 1 is 1.19 bits per heavy atom. The van der Waals surface area contributed by atoms with Crippen LogP contribution in [0.2, 0.25) is 0 Å². The zero-order chi connectivity index (χ0) is 14.8. The van der Waals surface area contributed by atoms with Crippen LogP contribution in [0.4, 0.5) is 5.69 Å². The minimum Gasteiger partial charge on any atom is -0.478 e. The highest BCUT2D eigenvalue weighted by molar-refractivity contribution is 6.06. The van der Waals surface area contributed by atoms with E-state index in [-0.39, 0.29) is 17.5 Å². The summed E-state index contributed by atoms with van der Waals surface area (Å²) in [4.78, 5) is 23.6. The third-order valence-corrected chi connectivity index (χ3v) is 3.75. The number of carbonyl (C=O) groups excluding carboxylic acids is 1. The molecule has 2 aromatic rings. The van der Waals surface area contributed by atoms with Crippen LogP contribution >= 0.6 is 0 Å². The van der Waals surface area contributed by atoms with Gasteiger partial charge in [-0.2, -0.15) is 0 Å². The Morgan fingerprint density at radius 3 is 2.52 bits per heavy atom. The maximum atomic E-state index is 12.2.